The Hall–Kier alpha value is -4.53. The first-order valence-corrected chi connectivity index (χ1v) is 14.2. The van der Waals surface area contributed by atoms with Crippen molar-refractivity contribution >= 4 is 23.6 Å². The highest BCUT2D eigenvalue weighted by molar-refractivity contribution is 5.99. The second kappa shape index (κ2) is 13.2. The van der Waals surface area contributed by atoms with E-state index in [9.17, 15) is 24.6 Å². The first kappa shape index (κ1) is 33.0. The molecule has 0 aromatic heterocycles. The van der Waals surface area contributed by atoms with E-state index >= 15 is 0 Å². The van der Waals surface area contributed by atoms with Crippen molar-refractivity contribution < 1.29 is 29.3 Å². The van der Waals surface area contributed by atoms with Crippen molar-refractivity contribution in [3.63, 3.8) is 0 Å². The van der Waals surface area contributed by atoms with Gasteiger partial charge in [0.2, 0.25) is 5.91 Å². The van der Waals surface area contributed by atoms with Gasteiger partial charge in [-0.05, 0) is 108 Å². The van der Waals surface area contributed by atoms with Gasteiger partial charge in [0, 0.05) is 17.6 Å². The highest BCUT2D eigenvalue weighted by Crippen LogP contribution is 2.33. The molecule has 0 aliphatic carbocycles. The maximum atomic E-state index is 14.6. The summed E-state index contributed by atoms with van der Waals surface area (Å²) in [4.78, 5) is 43.2. The maximum Gasteiger partial charge on any atom is 0.408 e. The highest BCUT2D eigenvalue weighted by Gasteiger charge is 2.42. The molecule has 0 bridgehead atoms. The molecule has 9 nitrogen and oxygen atoms in total. The van der Waals surface area contributed by atoms with E-state index in [0.717, 1.165) is 5.56 Å². The third kappa shape index (κ3) is 8.98. The van der Waals surface area contributed by atoms with E-state index in [1.165, 1.54) is 23.1 Å². The zero-order valence-electron chi connectivity index (χ0n) is 26.2. The number of hydrogen-bond donors (Lipinski definition) is 4. The molecule has 43 heavy (non-hydrogen) atoms. The van der Waals surface area contributed by atoms with Crippen LogP contribution in [0.15, 0.2) is 66.7 Å². The summed E-state index contributed by atoms with van der Waals surface area (Å²) in [5.74, 6) is -0.837. The van der Waals surface area contributed by atoms with Gasteiger partial charge in [0.25, 0.3) is 5.91 Å². The van der Waals surface area contributed by atoms with Crippen molar-refractivity contribution in [3.05, 3.63) is 89.0 Å². The normalized spacial score (nSPS) is 13.0. The fraction of sp³-hybridized carbons (Fsp3) is 0.382. The summed E-state index contributed by atoms with van der Waals surface area (Å²) < 4.78 is 5.49. The number of benzene rings is 3. The molecule has 230 valence electrons. The summed E-state index contributed by atoms with van der Waals surface area (Å²) in [6.45, 7) is 14.2. The summed E-state index contributed by atoms with van der Waals surface area (Å²) in [5.41, 5.74) is 1.45. The number of para-hydroxylation sites is 1. The number of rotatable bonds is 8. The van der Waals surface area contributed by atoms with E-state index in [0.29, 0.717) is 22.4 Å². The van der Waals surface area contributed by atoms with Crippen LogP contribution in [-0.4, -0.2) is 50.2 Å². The van der Waals surface area contributed by atoms with Gasteiger partial charge in [0.05, 0.1) is 0 Å². The quantitative estimate of drug-likeness (QED) is 0.249. The molecular formula is C34H43N3O6. The third-order valence-electron chi connectivity index (χ3n) is 6.77. The van der Waals surface area contributed by atoms with Crippen LogP contribution in [0.3, 0.4) is 0 Å². The number of carbonyl (C=O) groups excluding carboxylic acids is 3. The number of nitrogens with zero attached hydrogens (tertiary/aromatic N) is 1. The molecule has 9 heteroatoms. The summed E-state index contributed by atoms with van der Waals surface area (Å²) in [7, 11) is 0. The van der Waals surface area contributed by atoms with Crippen molar-refractivity contribution in [2.45, 2.75) is 85.0 Å². The van der Waals surface area contributed by atoms with Gasteiger partial charge in [-0.2, -0.15) is 0 Å². The van der Waals surface area contributed by atoms with Crippen LogP contribution >= 0.6 is 0 Å². The van der Waals surface area contributed by atoms with Gasteiger partial charge in [-0.15, -0.1) is 0 Å². The van der Waals surface area contributed by atoms with E-state index < -0.39 is 41.1 Å². The van der Waals surface area contributed by atoms with Crippen LogP contribution in [0.1, 0.15) is 69.8 Å². The topological polar surface area (TPSA) is 128 Å². The summed E-state index contributed by atoms with van der Waals surface area (Å²) in [5, 5.41) is 25.7. The number of ether oxygens (including phenoxy) is 1. The molecule has 0 aliphatic heterocycles. The Kier molecular flexibility index (Phi) is 10.1. The zero-order valence-corrected chi connectivity index (χ0v) is 26.2. The molecule has 3 aromatic carbocycles. The molecular weight excluding hydrogens is 546 g/mol. The second-order valence-electron chi connectivity index (χ2n) is 12.7. The van der Waals surface area contributed by atoms with Crippen molar-refractivity contribution in [1.29, 1.82) is 0 Å². The Bertz CT molecular complexity index is 1450. The zero-order chi connectivity index (χ0) is 32.1. The number of carbonyl (C=O) groups is 3. The monoisotopic (exact) mass is 589 g/mol. The van der Waals surface area contributed by atoms with Gasteiger partial charge in [0.1, 0.15) is 29.2 Å². The fourth-order valence-electron chi connectivity index (χ4n) is 4.71. The number of aryl methyl sites for hydroxylation is 2. The molecule has 0 saturated heterocycles. The third-order valence-corrected chi connectivity index (χ3v) is 6.77. The molecule has 3 rings (SSSR count). The number of aromatic hydroxyl groups is 2. The summed E-state index contributed by atoms with van der Waals surface area (Å²) >= 11 is 0. The van der Waals surface area contributed by atoms with Gasteiger partial charge in [-0.25, -0.2) is 4.79 Å². The molecule has 0 fully saturated rings. The Labute approximate surface area is 253 Å². The lowest BCUT2D eigenvalue weighted by Crippen LogP contribution is -2.58. The Morgan fingerprint density at radius 2 is 1.49 bits per heavy atom. The minimum atomic E-state index is -1.13. The van der Waals surface area contributed by atoms with Crippen molar-refractivity contribution in [2.75, 3.05) is 5.32 Å². The highest BCUT2D eigenvalue weighted by atomic mass is 16.6. The number of alkyl carbamates (subject to hydrolysis) is 1. The molecule has 0 aliphatic rings. The first-order chi connectivity index (χ1) is 20.0. The van der Waals surface area contributed by atoms with Crippen LogP contribution in [0.4, 0.5) is 10.5 Å². The van der Waals surface area contributed by atoms with Crippen molar-refractivity contribution in [1.82, 2.24) is 10.2 Å². The average molecular weight is 590 g/mol. The lowest BCUT2D eigenvalue weighted by molar-refractivity contribution is -0.146. The number of anilines is 1. The largest absolute Gasteiger partial charge is 0.508 e. The molecule has 3 amide bonds. The number of phenols is 2. The molecule has 2 unspecified atom stereocenters. The summed E-state index contributed by atoms with van der Waals surface area (Å²) in [6.07, 6.45) is -0.703. The molecule has 2 atom stereocenters. The van der Waals surface area contributed by atoms with Crippen LogP contribution in [-0.2, 0) is 20.7 Å². The molecule has 0 radical (unpaired) electrons. The molecule has 0 saturated carbocycles. The van der Waals surface area contributed by atoms with Gasteiger partial charge in [0.15, 0.2) is 0 Å². The van der Waals surface area contributed by atoms with Crippen LogP contribution in [0.5, 0.6) is 11.5 Å². The number of hydrogen-bond acceptors (Lipinski definition) is 6. The first-order valence-electron chi connectivity index (χ1n) is 14.2. The van der Waals surface area contributed by atoms with Crippen LogP contribution in [0.25, 0.3) is 0 Å². The van der Waals surface area contributed by atoms with E-state index in [1.54, 1.807) is 58.0 Å². The van der Waals surface area contributed by atoms with E-state index in [2.05, 4.69) is 10.6 Å². The van der Waals surface area contributed by atoms with Crippen LogP contribution < -0.4 is 10.6 Å². The molecule has 4 N–H and O–H groups in total. The minimum absolute atomic E-state index is 0.0623. The second-order valence-corrected chi connectivity index (χ2v) is 12.7. The average Bonchev–Trinajstić information content (AvgIpc) is 2.89. The molecule has 0 spiro atoms. The Morgan fingerprint density at radius 1 is 0.860 bits per heavy atom. The lowest BCUT2D eigenvalue weighted by Gasteiger charge is -2.43. The van der Waals surface area contributed by atoms with Crippen LogP contribution in [0, 0.1) is 13.8 Å². The predicted octanol–water partition coefficient (Wildman–Crippen LogP) is 6.16. The predicted molar refractivity (Wildman–Crippen MR) is 167 cm³/mol. The lowest BCUT2D eigenvalue weighted by atomic mass is 9.93. The summed E-state index contributed by atoms with van der Waals surface area (Å²) in [6, 6.07) is 16.2. The Morgan fingerprint density at radius 3 is 2.05 bits per heavy atom. The van der Waals surface area contributed by atoms with E-state index in [4.69, 9.17) is 4.74 Å². The van der Waals surface area contributed by atoms with Crippen LogP contribution in [0.2, 0.25) is 0 Å². The number of amides is 3. The fourth-order valence-corrected chi connectivity index (χ4v) is 4.71. The van der Waals surface area contributed by atoms with E-state index in [-0.39, 0.29) is 17.9 Å². The molecule has 0 heterocycles. The van der Waals surface area contributed by atoms with Gasteiger partial charge < -0.3 is 30.5 Å². The van der Waals surface area contributed by atoms with Gasteiger partial charge in [-0.3, -0.25) is 9.59 Å². The maximum absolute atomic E-state index is 14.6. The minimum Gasteiger partial charge on any atom is -0.508 e. The van der Waals surface area contributed by atoms with Gasteiger partial charge in [-0.1, -0.05) is 36.4 Å². The van der Waals surface area contributed by atoms with E-state index in [1.807, 2.05) is 45.9 Å². The molecule has 3 aromatic rings. The number of phenolic OH excluding ortho intramolecular Hbond substituents is 2. The van der Waals surface area contributed by atoms with Gasteiger partial charge >= 0.3 is 6.09 Å². The SMILES string of the molecule is Cc1cc(C(C(=O)Nc2ccccc2C)N(C(=O)C(Cc2ccc(O)cc2)NC(=O)OC(C)(C)C)C(C)(C)C)ccc1O. The Balaban J connectivity index is 2.14. The van der Waals surface area contributed by atoms with Crippen molar-refractivity contribution in [2.24, 2.45) is 0 Å². The van der Waals surface area contributed by atoms with Crippen molar-refractivity contribution in [3.8, 4) is 11.5 Å². The number of nitrogens with one attached hydrogen (secondary N) is 2. The standard InChI is InChI=1S/C34H43N3O6/c1-21-11-9-10-12-26(21)35-30(40)29(24-15-18-28(39)22(2)19-24)37(33(3,4)5)31(41)27(36-32(42)43-34(6,7)8)20-23-13-16-25(38)17-14-23/h9-19,27,29,38-39H,20H2,1-8H3,(H,35,40)(H,36,42). The smallest absolute Gasteiger partial charge is 0.408 e.